The monoisotopic (exact) mass is 1230 g/mol. The molecular weight excluding hydrogens is 1170 g/mol. The average Bonchev–Trinajstić information content (AvgIpc) is 1.54. The predicted molar refractivity (Wildman–Crippen MR) is 406 cm³/mol. The van der Waals surface area contributed by atoms with E-state index in [-0.39, 0.29) is 0 Å². The van der Waals surface area contributed by atoms with Crippen molar-refractivity contribution in [3.8, 4) is 61.3 Å². The largest absolute Gasteiger partial charge is 0.309 e. The molecule has 0 atom stereocenters. The number of aromatic nitrogens is 1. The van der Waals surface area contributed by atoms with Crippen LogP contribution in [0.5, 0.6) is 0 Å². The van der Waals surface area contributed by atoms with Crippen molar-refractivity contribution in [1.82, 2.24) is 4.57 Å². The van der Waals surface area contributed by atoms with Crippen molar-refractivity contribution < 1.29 is 0 Å². The Kier molecular flexibility index (Phi) is 13.0. The van der Waals surface area contributed by atoms with Crippen LogP contribution in [0.2, 0.25) is 0 Å². The van der Waals surface area contributed by atoms with Gasteiger partial charge in [0.1, 0.15) is 0 Å². The lowest BCUT2D eigenvalue weighted by Gasteiger charge is -2.34. The van der Waals surface area contributed by atoms with Gasteiger partial charge in [-0.05, 0) is 191 Å². The van der Waals surface area contributed by atoms with Crippen molar-refractivity contribution in [3.63, 3.8) is 0 Å². The molecule has 0 saturated heterocycles. The summed E-state index contributed by atoms with van der Waals surface area (Å²) < 4.78 is 2.40. The quantitative estimate of drug-likeness (QED) is 0.125. The molecule has 16 aromatic carbocycles. The average molecular weight is 1230 g/mol. The number of aryl methyl sites for hydroxylation is 1. The van der Waals surface area contributed by atoms with Crippen LogP contribution in [0, 0.1) is 6.92 Å². The molecule has 0 spiro atoms. The van der Waals surface area contributed by atoms with Gasteiger partial charge in [-0.3, -0.25) is 0 Å². The minimum Gasteiger partial charge on any atom is -0.309 e. The van der Waals surface area contributed by atoms with Gasteiger partial charge in [0.05, 0.1) is 33.2 Å². The molecule has 1 heterocycles. The lowest BCUT2D eigenvalue weighted by atomic mass is 9.67. The van der Waals surface area contributed by atoms with Gasteiger partial charge in [-0.1, -0.05) is 303 Å². The molecule has 97 heavy (non-hydrogen) atoms. The summed E-state index contributed by atoms with van der Waals surface area (Å²) in [7, 11) is 0. The van der Waals surface area contributed by atoms with Crippen LogP contribution in [0.4, 0.5) is 17.1 Å². The first-order valence-corrected chi connectivity index (χ1v) is 33.8. The van der Waals surface area contributed by atoms with Crippen molar-refractivity contribution in [3.05, 3.63) is 420 Å². The van der Waals surface area contributed by atoms with Crippen molar-refractivity contribution in [2.45, 2.75) is 17.8 Å². The summed E-state index contributed by atoms with van der Waals surface area (Å²) in [5.74, 6) is 0. The Morgan fingerprint density at radius 1 is 0.237 bits per heavy atom. The van der Waals surface area contributed by atoms with E-state index in [0.717, 1.165) is 39.1 Å². The third-order valence-electron chi connectivity index (χ3n) is 21.2. The maximum absolute atomic E-state index is 2.52. The lowest BCUT2D eigenvalue weighted by molar-refractivity contribution is 0.769. The molecule has 2 heteroatoms. The Labute approximate surface area is 565 Å². The number of benzene rings is 16. The summed E-state index contributed by atoms with van der Waals surface area (Å²) in [5.41, 5.74) is 29.3. The van der Waals surface area contributed by atoms with Gasteiger partial charge < -0.3 is 9.47 Å². The molecule has 17 aromatic rings. The minimum absolute atomic E-state index is 0.528. The molecule has 19 rings (SSSR count). The maximum atomic E-state index is 2.52. The van der Waals surface area contributed by atoms with E-state index in [9.17, 15) is 0 Å². The Morgan fingerprint density at radius 3 is 1.07 bits per heavy atom. The third kappa shape index (κ3) is 8.53. The maximum Gasteiger partial charge on any atom is 0.0713 e. The molecule has 0 saturated carbocycles. The van der Waals surface area contributed by atoms with Crippen LogP contribution in [0.3, 0.4) is 0 Å². The van der Waals surface area contributed by atoms with E-state index in [1.807, 2.05) is 0 Å². The smallest absolute Gasteiger partial charge is 0.0713 e. The van der Waals surface area contributed by atoms with Gasteiger partial charge in [0.2, 0.25) is 0 Å². The second kappa shape index (κ2) is 22.4. The number of anilines is 3. The number of fused-ring (bicyclic) bond motifs is 11. The van der Waals surface area contributed by atoms with Gasteiger partial charge >= 0.3 is 0 Å². The molecule has 0 bridgehead atoms. The third-order valence-corrected chi connectivity index (χ3v) is 21.2. The second-order valence-corrected chi connectivity index (χ2v) is 26.2. The zero-order valence-electron chi connectivity index (χ0n) is 53.6. The van der Waals surface area contributed by atoms with Gasteiger partial charge in [-0.2, -0.15) is 0 Å². The molecule has 0 amide bonds. The van der Waals surface area contributed by atoms with Gasteiger partial charge in [0.25, 0.3) is 0 Å². The fraction of sp³-hybridized carbons (Fsp3) is 0.0316. The van der Waals surface area contributed by atoms with Crippen LogP contribution < -0.4 is 4.90 Å². The highest BCUT2D eigenvalue weighted by Gasteiger charge is 2.48. The number of nitrogens with zero attached hydrogens (tertiary/aromatic N) is 2. The zero-order valence-corrected chi connectivity index (χ0v) is 53.6. The van der Waals surface area contributed by atoms with Crippen molar-refractivity contribution in [2.24, 2.45) is 0 Å². The van der Waals surface area contributed by atoms with Crippen LogP contribution in [0.1, 0.15) is 50.1 Å². The molecule has 0 unspecified atom stereocenters. The topological polar surface area (TPSA) is 8.17 Å². The normalized spacial score (nSPS) is 13.2. The molecule has 2 aliphatic carbocycles. The summed E-state index contributed by atoms with van der Waals surface area (Å²) in [5, 5.41) is 7.17. The van der Waals surface area contributed by atoms with E-state index >= 15 is 0 Å². The van der Waals surface area contributed by atoms with E-state index in [1.165, 1.54) is 133 Å². The van der Waals surface area contributed by atoms with Crippen LogP contribution in [-0.2, 0) is 10.8 Å². The highest BCUT2D eigenvalue weighted by atomic mass is 15.1. The molecule has 2 aliphatic rings. The van der Waals surface area contributed by atoms with Crippen LogP contribution in [0.25, 0.3) is 105 Å². The fourth-order valence-corrected chi connectivity index (χ4v) is 17.1. The SMILES string of the molecule is Cc1ccc2c(c1)c1cc(-c3ccc(N(c4ccc(-c5ccc6c(c5)C(c5ccccc5)(c5ccccc5)c5ccccc5-6)c5ccccc45)c4ccc(-c5ccc6c(c5)C(c5ccccc5)(c5ccccc5)c5ccccc5-6)c5ccccc45)cc3)ccc1n2-c1ccccc1. The second-order valence-electron chi connectivity index (χ2n) is 26.2. The Balaban J connectivity index is 0.797. The number of hydrogen-bond acceptors (Lipinski definition) is 1. The van der Waals surface area contributed by atoms with Crippen molar-refractivity contribution in [2.75, 3.05) is 4.90 Å². The van der Waals surface area contributed by atoms with E-state index in [0.29, 0.717) is 0 Å². The van der Waals surface area contributed by atoms with Crippen LogP contribution in [0.15, 0.2) is 370 Å². The number of hydrogen-bond donors (Lipinski definition) is 0. The van der Waals surface area contributed by atoms with Gasteiger partial charge in [-0.25, -0.2) is 0 Å². The van der Waals surface area contributed by atoms with Gasteiger partial charge in [0, 0.05) is 32.9 Å². The Bertz CT molecular complexity index is 5590. The summed E-state index contributed by atoms with van der Waals surface area (Å²) in [4.78, 5) is 2.52. The summed E-state index contributed by atoms with van der Waals surface area (Å²) in [6, 6.07) is 139. The van der Waals surface area contributed by atoms with Crippen molar-refractivity contribution >= 4 is 60.4 Å². The first-order chi connectivity index (χ1) is 48.0. The predicted octanol–water partition coefficient (Wildman–Crippen LogP) is 24.6. The first kappa shape index (κ1) is 56.2. The van der Waals surface area contributed by atoms with E-state index in [1.54, 1.807) is 0 Å². The van der Waals surface area contributed by atoms with Gasteiger partial charge in [-0.15, -0.1) is 0 Å². The van der Waals surface area contributed by atoms with E-state index in [4.69, 9.17) is 0 Å². The number of rotatable bonds is 11. The fourth-order valence-electron chi connectivity index (χ4n) is 17.1. The highest BCUT2D eigenvalue weighted by Crippen LogP contribution is 2.59. The minimum atomic E-state index is -0.528. The lowest BCUT2D eigenvalue weighted by Crippen LogP contribution is -2.28. The first-order valence-electron chi connectivity index (χ1n) is 33.8. The molecule has 0 fully saturated rings. The molecule has 454 valence electrons. The Morgan fingerprint density at radius 2 is 0.598 bits per heavy atom. The highest BCUT2D eigenvalue weighted by molar-refractivity contribution is 6.13. The molecular formula is C95H64N2. The van der Waals surface area contributed by atoms with Gasteiger partial charge in [0.15, 0.2) is 0 Å². The molecule has 1 aromatic heterocycles. The zero-order chi connectivity index (χ0) is 64.2. The summed E-state index contributed by atoms with van der Waals surface area (Å²) in [6.45, 7) is 2.19. The van der Waals surface area contributed by atoms with E-state index in [2.05, 4.69) is 386 Å². The molecule has 2 nitrogen and oxygen atoms in total. The van der Waals surface area contributed by atoms with Crippen molar-refractivity contribution in [1.29, 1.82) is 0 Å². The number of para-hydroxylation sites is 1. The Hall–Kier alpha value is -12.4. The standard InChI is InChI=1S/C95H64N2/c1-63-43-55-92-84(59-63)85-60-65(48-56-93(85)96(92)72-33-15-6-16-34-72)64-44-49-73(50-45-64)97(90-57-53-74(76-35-17-19-39-82(76)90)66-46-51-80-78-37-21-23-41-86(78)94(88(80)61-66,68-25-7-2-8-26-68)69-27-9-3-10-28-69)91-58-54-75(77-36-18-20-40-83(77)91)67-47-52-81-79-38-22-24-42-87(79)95(89(81)62-67,70-29-11-4-12-30-70)71-31-13-5-14-32-71/h2-62H,1H3. The summed E-state index contributed by atoms with van der Waals surface area (Å²) >= 11 is 0. The molecule has 0 aliphatic heterocycles. The summed E-state index contributed by atoms with van der Waals surface area (Å²) in [6.07, 6.45) is 0. The van der Waals surface area contributed by atoms with E-state index < -0.39 is 10.8 Å². The van der Waals surface area contributed by atoms with Crippen LogP contribution in [-0.4, -0.2) is 4.57 Å². The van der Waals surface area contributed by atoms with Crippen LogP contribution >= 0.6 is 0 Å². The molecule has 0 radical (unpaired) electrons. The molecule has 0 N–H and O–H groups in total.